The highest BCUT2D eigenvalue weighted by Crippen LogP contribution is 2.21. The molecule has 1 rings (SSSR count). The van der Waals surface area contributed by atoms with E-state index in [2.05, 4.69) is 10.6 Å². The minimum atomic E-state index is -0.521. The molecule has 102 valence electrons. The van der Waals surface area contributed by atoms with Crippen molar-refractivity contribution in [3.05, 3.63) is 29.6 Å². The van der Waals surface area contributed by atoms with E-state index in [1.54, 1.807) is 19.2 Å². The number of hydrogen-bond donors (Lipinski definition) is 2. The maximum Gasteiger partial charge on any atom is 0.258 e. The van der Waals surface area contributed by atoms with Crippen LogP contribution in [0.5, 0.6) is 5.75 Å². The predicted octanol–water partition coefficient (Wildman–Crippen LogP) is 1.12. The lowest BCUT2D eigenvalue weighted by atomic mass is 10.1. The van der Waals surface area contributed by atoms with Crippen LogP contribution in [-0.4, -0.2) is 26.1 Å². The molecule has 0 aliphatic heterocycles. The third kappa shape index (κ3) is 4.56. The molecule has 2 N–H and O–H groups in total. The van der Waals surface area contributed by atoms with Crippen LogP contribution in [-0.2, 0) is 4.79 Å². The molecule has 1 atom stereocenters. The highest BCUT2D eigenvalue weighted by Gasteiger charge is 2.10. The molecule has 0 saturated heterocycles. The number of carbonyl (C=O) groups excluding carboxylic acids is 1. The number of rotatable bonds is 6. The molecule has 5 nitrogen and oxygen atoms in total. The van der Waals surface area contributed by atoms with Crippen LogP contribution in [0.2, 0.25) is 0 Å². The fourth-order valence-corrected chi connectivity index (χ4v) is 1.40. The van der Waals surface area contributed by atoms with E-state index >= 15 is 0 Å². The van der Waals surface area contributed by atoms with Gasteiger partial charge in [0.1, 0.15) is 6.54 Å². The van der Waals surface area contributed by atoms with Crippen LogP contribution in [0.15, 0.2) is 18.2 Å². The number of nitriles is 1. The molecule has 0 heterocycles. The summed E-state index contributed by atoms with van der Waals surface area (Å²) in [5.74, 6) is -0.972. The summed E-state index contributed by atoms with van der Waals surface area (Å²) in [6.45, 7) is 1.49. The smallest absolute Gasteiger partial charge is 0.258 e. The monoisotopic (exact) mass is 265 g/mol. The van der Waals surface area contributed by atoms with E-state index in [4.69, 9.17) is 10.00 Å². The molecule has 1 amide bonds. The van der Waals surface area contributed by atoms with E-state index in [9.17, 15) is 9.18 Å². The van der Waals surface area contributed by atoms with Gasteiger partial charge in [-0.25, -0.2) is 4.39 Å². The Morgan fingerprint density at radius 2 is 2.32 bits per heavy atom. The second kappa shape index (κ2) is 7.34. The minimum Gasteiger partial charge on any atom is -0.481 e. The molecular weight excluding hydrogens is 249 g/mol. The lowest BCUT2D eigenvalue weighted by Crippen LogP contribution is -2.29. The van der Waals surface area contributed by atoms with Gasteiger partial charge < -0.3 is 15.4 Å². The van der Waals surface area contributed by atoms with E-state index in [1.165, 1.54) is 12.1 Å². The number of ether oxygens (including phenoxy) is 1. The minimum absolute atomic E-state index is 0.0131. The van der Waals surface area contributed by atoms with Crippen LogP contribution < -0.4 is 15.4 Å². The molecule has 1 aromatic carbocycles. The van der Waals surface area contributed by atoms with Crippen LogP contribution in [0.1, 0.15) is 18.5 Å². The van der Waals surface area contributed by atoms with E-state index in [-0.39, 0.29) is 24.9 Å². The largest absolute Gasteiger partial charge is 0.481 e. The van der Waals surface area contributed by atoms with Crippen molar-refractivity contribution in [2.75, 3.05) is 20.2 Å². The first-order valence-corrected chi connectivity index (χ1v) is 5.81. The molecule has 0 spiro atoms. The van der Waals surface area contributed by atoms with Gasteiger partial charge in [0, 0.05) is 6.04 Å². The summed E-state index contributed by atoms with van der Waals surface area (Å²) < 4.78 is 18.8. The summed E-state index contributed by atoms with van der Waals surface area (Å²) in [5.41, 5.74) is 0.793. The molecule has 0 fully saturated rings. The van der Waals surface area contributed by atoms with Gasteiger partial charge >= 0.3 is 0 Å². The molecule has 1 unspecified atom stereocenters. The van der Waals surface area contributed by atoms with Crippen LogP contribution in [0, 0.1) is 17.1 Å². The summed E-state index contributed by atoms with van der Waals surface area (Å²) in [7, 11) is 1.78. The van der Waals surface area contributed by atoms with Crippen LogP contribution in [0.4, 0.5) is 4.39 Å². The molecule has 6 heteroatoms. The first-order valence-electron chi connectivity index (χ1n) is 5.81. The van der Waals surface area contributed by atoms with E-state index in [0.717, 1.165) is 5.56 Å². The summed E-state index contributed by atoms with van der Waals surface area (Å²) in [6, 6.07) is 6.37. The second-order valence-corrected chi connectivity index (χ2v) is 3.92. The Balaban J connectivity index is 2.60. The van der Waals surface area contributed by atoms with Crippen molar-refractivity contribution in [1.29, 1.82) is 5.26 Å². The Morgan fingerprint density at radius 1 is 1.58 bits per heavy atom. The van der Waals surface area contributed by atoms with Gasteiger partial charge in [0.25, 0.3) is 5.91 Å². The summed E-state index contributed by atoms with van der Waals surface area (Å²) >= 11 is 0. The van der Waals surface area contributed by atoms with Crippen molar-refractivity contribution < 1.29 is 13.9 Å². The van der Waals surface area contributed by atoms with Crippen LogP contribution in [0.3, 0.4) is 0 Å². The van der Waals surface area contributed by atoms with Crippen molar-refractivity contribution >= 4 is 5.91 Å². The third-order valence-electron chi connectivity index (χ3n) is 2.61. The number of nitrogens with one attached hydrogen (secondary N) is 2. The maximum absolute atomic E-state index is 13.7. The Kier molecular flexibility index (Phi) is 5.76. The zero-order valence-electron chi connectivity index (χ0n) is 10.9. The Bertz CT molecular complexity index is 485. The van der Waals surface area contributed by atoms with E-state index < -0.39 is 11.7 Å². The summed E-state index contributed by atoms with van der Waals surface area (Å²) in [4.78, 5) is 11.2. The number of hydrogen-bond acceptors (Lipinski definition) is 4. The van der Waals surface area contributed by atoms with Crippen molar-refractivity contribution in [2.24, 2.45) is 0 Å². The Morgan fingerprint density at radius 3 is 2.89 bits per heavy atom. The molecular formula is C13H16FN3O2. The van der Waals surface area contributed by atoms with Crippen molar-refractivity contribution in [3.63, 3.8) is 0 Å². The quantitative estimate of drug-likeness (QED) is 0.756. The molecule has 0 radical (unpaired) electrons. The number of amides is 1. The fraction of sp³-hybridized carbons (Fsp3) is 0.385. The van der Waals surface area contributed by atoms with Gasteiger partial charge in [0.15, 0.2) is 18.2 Å². The summed E-state index contributed by atoms with van der Waals surface area (Å²) in [6.07, 6.45) is 0. The number of carbonyl (C=O) groups is 1. The number of nitrogens with zero attached hydrogens (tertiary/aromatic N) is 1. The van der Waals surface area contributed by atoms with Gasteiger partial charge in [-0.2, -0.15) is 5.26 Å². The van der Waals surface area contributed by atoms with Crippen LogP contribution >= 0.6 is 0 Å². The highest BCUT2D eigenvalue weighted by molar-refractivity contribution is 5.77. The van der Waals surface area contributed by atoms with Crippen molar-refractivity contribution in [3.8, 4) is 11.8 Å². The van der Waals surface area contributed by atoms with Gasteiger partial charge in [-0.15, -0.1) is 0 Å². The van der Waals surface area contributed by atoms with Gasteiger partial charge in [0.2, 0.25) is 0 Å². The first-order chi connectivity index (χ1) is 9.08. The molecule has 19 heavy (non-hydrogen) atoms. The van der Waals surface area contributed by atoms with Crippen LogP contribution in [0.25, 0.3) is 0 Å². The van der Waals surface area contributed by atoms with Gasteiger partial charge in [-0.3, -0.25) is 4.79 Å². The molecule has 0 aromatic heterocycles. The molecule has 1 aromatic rings. The standard InChI is InChI=1S/C13H16FN3O2/c1-9(16-2)10-3-4-12(11(14)7-10)19-8-13(18)17-6-5-15/h3-4,7,9,16H,6,8H2,1-2H3,(H,17,18). The first kappa shape index (κ1) is 14.9. The average molecular weight is 265 g/mol. The molecule has 0 aliphatic carbocycles. The summed E-state index contributed by atoms with van der Waals surface area (Å²) in [5, 5.41) is 13.6. The normalized spacial score (nSPS) is 11.5. The van der Waals surface area contributed by atoms with E-state index in [0.29, 0.717) is 0 Å². The molecule has 0 bridgehead atoms. The highest BCUT2D eigenvalue weighted by atomic mass is 19.1. The zero-order chi connectivity index (χ0) is 14.3. The average Bonchev–Trinajstić information content (AvgIpc) is 2.42. The molecule has 0 aliphatic rings. The topological polar surface area (TPSA) is 74.2 Å². The SMILES string of the molecule is CNC(C)c1ccc(OCC(=O)NCC#N)c(F)c1. The lowest BCUT2D eigenvalue weighted by Gasteiger charge is -2.12. The Hall–Kier alpha value is -2.13. The second-order valence-electron chi connectivity index (χ2n) is 3.92. The third-order valence-corrected chi connectivity index (χ3v) is 2.61. The van der Waals surface area contributed by atoms with Crippen molar-refractivity contribution in [1.82, 2.24) is 10.6 Å². The number of halogens is 1. The fourth-order valence-electron chi connectivity index (χ4n) is 1.40. The predicted molar refractivity (Wildman–Crippen MR) is 68.0 cm³/mol. The van der Waals surface area contributed by atoms with E-state index in [1.807, 2.05) is 6.92 Å². The Labute approximate surface area is 111 Å². The molecule has 0 saturated carbocycles. The maximum atomic E-state index is 13.7. The lowest BCUT2D eigenvalue weighted by molar-refractivity contribution is -0.122. The van der Waals surface area contributed by atoms with Gasteiger partial charge in [-0.1, -0.05) is 6.07 Å². The van der Waals surface area contributed by atoms with Gasteiger partial charge in [-0.05, 0) is 31.7 Å². The zero-order valence-corrected chi connectivity index (χ0v) is 10.9. The number of benzene rings is 1. The van der Waals surface area contributed by atoms with Crippen molar-refractivity contribution in [2.45, 2.75) is 13.0 Å². The van der Waals surface area contributed by atoms with Gasteiger partial charge in [0.05, 0.1) is 6.07 Å².